The number of piperidine rings is 1. The Morgan fingerprint density at radius 1 is 1.24 bits per heavy atom. The predicted molar refractivity (Wildman–Crippen MR) is 86.4 cm³/mol. The van der Waals surface area contributed by atoms with E-state index in [4.69, 9.17) is 4.74 Å². The lowest BCUT2D eigenvalue weighted by atomic mass is 9.99. The zero-order valence-corrected chi connectivity index (χ0v) is 13.8. The SMILES string of the molecule is Cc1ccnc(N2CCCC(COc3ncccc3C(F)(F)F)C2)n1. The van der Waals surface area contributed by atoms with E-state index < -0.39 is 11.7 Å². The molecule has 1 aliphatic heterocycles. The molecule has 0 bridgehead atoms. The lowest BCUT2D eigenvalue weighted by molar-refractivity contribution is -0.139. The fraction of sp³-hybridized carbons (Fsp3) is 0.471. The van der Waals surface area contributed by atoms with Gasteiger partial charge in [-0.05, 0) is 38.0 Å². The van der Waals surface area contributed by atoms with Crippen molar-refractivity contribution in [2.75, 3.05) is 24.6 Å². The standard InChI is InChI=1S/C17H19F3N4O/c1-12-6-8-22-16(23-12)24-9-3-4-13(10-24)11-25-15-14(17(18,19)20)5-2-7-21-15/h2,5-8,13H,3-4,9-11H2,1H3. The molecule has 5 nitrogen and oxygen atoms in total. The third kappa shape index (κ3) is 4.37. The highest BCUT2D eigenvalue weighted by Crippen LogP contribution is 2.35. The number of aryl methyl sites for hydroxylation is 1. The summed E-state index contributed by atoms with van der Waals surface area (Å²) in [6.45, 7) is 3.56. The Morgan fingerprint density at radius 2 is 2.08 bits per heavy atom. The van der Waals surface area contributed by atoms with Gasteiger partial charge < -0.3 is 9.64 Å². The van der Waals surface area contributed by atoms with E-state index in [1.807, 2.05) is 17.9 Å². The second kappa shape index (κ2) is 7.25. The minimum Gasteiger partial charge on any atom is -0.477 e. The van der Waals surface area contributed by atoms with Crippen LogP contribution in [-0.4, -0.2) is 34.6 Å². The maximum atomic E-state index is 13.0. The average Bonchev–Trinajstić information content (AvgIpc) is 2.60. The first kappa shape index (κ1) is 17.4. The normalized spacial score (nSPS) is 18.2. The summed E-state index contributed by atoms with van der Waals surface area (Å²) in [5.41, 5.74) is 0.0383. The summed E-state index contributed by atoms with van der Waals surface area (Å²) in [5.74, 6) is 0.387. The van der Waals surface area contributed by atoms with Gasteiger partial charge in [-0.25, -0.2) is 15.0 Å². The van der Waals surface area contributed by atoms with Crippen LogP contribution >= 0.6 is 0 Å². The van der Waals surface area contributed by atoms with Gasteiger partial charge >= 0.3 is 6.18 Å². The molecule has 25 heavy (non-hydrogen) atoms. The van der Waals surface area contributed by atoms with Crippen LogP contribution in [0.4, 0.5) is 19.1 Å². The highest BCUT2D eigenvalue weighted by Gasteiger charge is 2.35. The number of ether oxygens (including phenoxy) is 1. The summed E-state index contributed by atoms with van der Waals surface area (Å²) in [6.07, 6.45) is 0.341. The molecule has 0 spiro atoms. The zero-order valence-electron chi connectivity index (χ0n) is 13.8. The Labute approximate surface area is 143 Å². The highest BCUT2D eigenvalue weighted by atomic mass is 19.4. The van der Waals surface area contributed by atoms with Crippen molar-refractivity contribution in [2.24, 2.45) is 5.92 Å². The van der Waals surface area contributed by atoms with E-state index in [0.29, 0.717) is 12.5 Å². The van der Waals surface area contributed by atoms with E-state index in [2.05, 4.69) is 15.0 Å². The second-order valence-corrected chi connectivity index (χ2v) is 6.12. The van der Waals surface area contributed by atoms with E-state index in [0.717, 1.165) is 31.1 Å². The molecule has 1 unspecified atom stereocenters. The Bertz CT molecular complexity index is 723. The maximum absolute atomic E-state index is 13.0. The quantitative estimate of drug-likeness (QED) is 0.843. The third-order valence-electron chi connectivity index (χ3n) is 4.12. The smallest absolute Gasteiger partial charge is 0.421 e. The highest BCUT2D eigenvalue weighted by molar-refractivity contribution is 5.31. The van der Waals surface area contributed by atoms with Gasteiger partial charge in [-0.15, -0.1) is 0 Å². The minimum atomic E-state index is -4.47. The van der Waals surface area contributed by atoms with Crippen LogP contribution in [0, 0.1) is 12.8 Å². The first-order valence-electron chi connectivity index (χ1n) is 8.13. The molecule has 0 saturated carbocycles. The topological polar surface area (TPSA) is 51.1 Å². The first-order valence-corrected chi connectivity index (χ1v) is 8.13. The van der Waals surface area contributed by atoms with Crippen molar-refractivity contribution in [3.8, 4) is 5.88 Å². The van der Waals surface area contributed by atoms with Gasteiger partial charge in [0.1, 0.15) is 5.56 Å². The van der Waals surface area contributed by atoms with Gasteiger partial charge in [0.25, 0.3) is 0 Å². The van der Waals surface area contributed by atoms with E-state index in [9.17, 15) is 13.2 Å². The Morgan fingerprint density at radius 3 is 2.84 bits per heavy atom. The van der Waals surface area contributed by atoms with Crippen molar-refractivity contribution in [3.63, 3.8) is 0 Å². The molecule has 1 atom stereocenters. The zero-order chi connectivity index (χ0) is 17.9. The van der Waals surface area contributed by atoms with Gasteiger partial charge in [0, 0.05) is 37.1 Å². The number of alkyl halides is 3. The number of hydrogen-bond donors (Lipinski definition) is 0. The molecule has 2 aromatic heterocycles. The van der Waals surface area contributed by atoms with Crippen LogP contribution in [0.2, 0.25) is 0 Å². The fourth-order valence-electron chi connectivity index (χ4n) is 2.89. The van der Waals surface area contributed by atoms with Crippen LogP contribution < -0.4 is 9.64 Å². The molecular weight excluding hydrogens is 333 g/mol. The molecule has 0 aliphatic carbocycles. The minimum absolute atomic E-state index is 0.0981. The molecule has 3 rings (SSSR count). The molecule has 0 N–H and O–H groups in total. The summed E-state index contributed by atoms with van der Waals surface area (Å²) >= 11 is 0. The average molecular weight is 352 g/mol. The number of aromatic nitrogens is 3. The van der Waals surface area contributed by atoms with E-state index in [1.165, 1.54) is 12.3 Å². The van der Waals surface area contributed by atoms with E-state index >= 15 is 0 Å². The molecule has 134 valence electrons. The van der Waals surface area contributed by atoms with Gasteiger partial charge in [-0.2, -0.15) is 13.2 Å². The summed E-state index contributed by atoms with van der Waals surface area (Å²) in [4.78, 5) is 14.5. The largest absolute Gasteiger partial charge is 0.477 e. The Balaban J connectivity index is 1.64. The van der Waals surface area contributed by atoms with Crippen molar-refractivity contribution >= 4 is 5.95 Å². The molecule has 2 aromatic rings. The summed E-state index contributed by atoms with van der Waals surface area (Å²) in [5, 5.41) is 0. The molecule has 1 aliphatic rings. The number of nitrogens with zero attached hydrogens (tertiary/aromatic N) is 4. The lowest BCUT2D eigenvalue weighted by Gasteiger charge is -2.32. The van der Waals surface area contributed by atoms with Gasteiger partial charge in [0.15, 0.2) is 0 Å². The molecule has 0 radical (unpaired) electrons. The fourth-order valence-corrected chi connectivity index (χ4v) is 2.89. The van der Waals surface area contributed by atoms with Crippen LogP contribution in [0.3, 0.4) is 0 Å². The third-order valence-corrected chi connectivity index (χ3v) is 4.12. The molecule has 1 fully saturated rings. The molecule has 0 aromatic carbocycles. The number of pyridine rings is 1. The van der Waals surface area contributed by atoms with Crippen LogP contribution in [0.5, 0.6) is 5.88 Å². The van der Waals surface area contributed by atoms with Crippen molar-refractivity contribution < 1.29 is 17.9 Å². The van der Waals surface area contributed by atoms with Crippen molar-refractivity contribution in [2.45, 2.75) is 25.9 Å². The monoisotopic (exact) mass is 352 g/mol. The predicted octanol–water partition coefficient (Wildman–Crippen LogP) is 3.49. The number of hydrogen-bond acceptors (Lipinski definition) is 5. The maximum Gasteiger partial charge on any atom is 0.421 e. The second-order valence-electron chi connectivity index (χ2n) is 6.12. The summed E-state index contributed by atoms with van der Waals surface area (Å²) in [7, 11) is 0. The Hall–Kier alpha value is -2.38. The van der Waals surface area contributed by atoms with Gasteiger partial charge in [-0.3, -0.25) is 0 Å². The van der Waals surface area contributed by atoms with Crippen LogP contribution in [-0.2, 0) is 6.18 Å². The first-order chi connectivity index (χ1) is 11.9. The molecule has 3 heterocycles. The lowest BCUT2D eigenvalue weighted by Crippen LogP contribution is -2.38. The van der Waals surface area contributed by atoms with E-state index in [-0.39, 0.29) is 18.4 Å². The van der Waals surface area contributed by atoms with Gasteiger partial charge in [0.2, 0.25) is 11.8 Å². The van der Waals surface area contributed by atoms with E-state index in [1.54, 1.807) is 6.20 Å². The number of anilines is 1. The summed E-state index contributed by atoms with van der Waals surface area (Å²) in [6, 6.07) is 4.07. The number of rotatable bonds is 4. The van der Waals surface area contributed by atoms with Crippen molar-refractivity contribution in [1.82, 2.24) is 15.0 Å². The van der Waals surface area contributed by atoms with Crippen molar-refractivity contribution in [1.29, 1.82) is 0 Å². The Kier molecular flexibility index (Phi) is 5.06. The van der Waals surface area contributed by atoms with Crippen LogP contribution in [0.25, 0.3) is 0 Å². The molecule has 0 amide bonds. The van der Waals surface area contributed by atoms with Crippen LogP contribution in [0.15, 0.2) is 30.6 Å². The molecule has 8 heteroatoms. The molecule has 1 saturated heterocycles. The van der Waals surface area contributed by atoms with Gasteiger partial charge in [0.05, 0.1) is 6.61 Å². The number of halogens is 3. The summed E-state index contributed by atoms with van der Waals surface area (Å²) < 4.78 is 44.4. The van der Waals surface area contributed by atoms with Crippen molar-refractivity contribution in [3.05, 3.63) is 41.9 Å². The van der Waals surface area contributed by atoms with Crippen LogP contribution in [0.1, 0.15) is 24.1 Å². The van der Waals surface area contributed by atoms with Gasteiger partial charge in [-0.1, -0.05) is 0 Å². The molecular formula is C17H19F3N4O.